The third-order valence-corrected chi connectivity index (χ3v) is 3.79. The van der Waals surface area contributed by atoms with Gasteiger partial charge in [0.1, 0.15) is 23.4 Å². The summed E-state index contributed by atoms with van der Waals surface area (Å²) in [6, 6.07) is 7.73. The van der Waals surface area contributed by atoms with E-state index >= 15 is 0 Å². The van der Waals surface area contributed by atoms with Gasteiger partial charge in [0.25, 0.3) is 0 Å². The zero-order chi connectivity index (χ0) is 13.0. The number of furan rings is 1. The number of hydrogen-bond acceptors (Lipinski definition) is 4. The number of hydrogen-bond donors (Lipinski definition) is 0. The summed E-state index contributed by atoms with van der Waals surface area (Å²) in [6.07, 6.45) is 3.41. The number of methoxy groups -OCH3 is 1. The first-order valence-corrected chi connectivity index (χ1v) is 6.22. The highest BCUT2D eigenvalue weighted by Crippen LogP contribution is 2.47. The molecule has 0 radical (unpaired) electrons. The Morgan fingerprint density at radius 1 is 1.26 bits per heavy atom. The summed E-state index contributed by atoms with van der Waals surface area (Å²) < 4.78 is 16.6. The van der Waals surface area contributed by atoms with Gasteiger partial charge in [-0.1, -0.05) is 24.3 Å². The number of ether oxygens (including phenoxy) is 2. The largest absolute Gasteiger partial charge is 0.468 e. The summed E-state index contributed by atoms with van der Waals surface area (Å²) in [4.78, 5) is 12.1. The molecule has 2 bridgehead atoms. The molecule has 2 aliphatic rings. The molecule has 0 unspecified atom stereocenters. The van der Waals surface area contributed by atoms with E-state index in [2.05, 4.69) is 0 Å². The molecule has 1 aromatic carbocycles. The lowest BCUT2D eigenvalue weighted by atomic mass is 9.89. The van der Waals surface area contributed by atoms with Gasteiger partial charge in [0.15, 0.2) is 0 Å². The Bertz CT molecular complexity index is 697. The minimum Gasteiger partial charge on any atom is -0.468 e. The predicted molar refractivity (Wildman–Crippen MR) is 67.7 cm³/mol. The fourth-order valence-electron chi connectivity index (χ4n) is 2.97. The molecule has 3 atom stereocenters. The molecular weight excluding hydrogens is 244 g/mol. The maximum atomic E-state index is 12.1. The highest BCUT2D eigenvalue weighted by molar-refractivity contribution is 5.91. The van der Waals surface area contributed by atoms with Gasteiger partial charge in [0.05, 0.1) is 13.2 Å². The van der Waals surface area contributed by atoms with Crippen molar-refractivity contribution >= 4 is 16.9 Å². The maximum absolute atomic E-state index is 12.1. The quantitative estimate of drug-likeness (QED) is 0.581. The van der Waals surface area contributed by atoms with E-state index in [0.717, 1.165) is 22.3 Å². The molecule has 4 rings (SSSR count). The monoisotopic (exact) mass is 256 g/mol. The van der Waals surface area contributed by atoms with E-state index in [1.54, 1.807) is 0 Å². The van der Waals surface area contributed by atoms with Crippen LogP contribution in [0.3, 0.4) is 0 Å². The van der Waals surface area contributed by atoms with Crippen LogP contribution in [-0.4, -0.2) is 19.2 Å². The van der Waals surface area contributed by atoms with Crippen LogP contribution in [0.25, 0.3) is 11.0 Å². The molecule has 0 N–H and O–H groups in total. The van der Waals surface area contributed by atoms with Crippen molar-refractivity contribution in [3.8, 4) is 0 Å². The Labute approximate surface area is 109 Å². The molecule has 19 heavy (non-hydrogen) atoms. The van der Waals surface area contributed by atoms with Gasteiger partial charge in [0, 0.05) is 10.9 Å². The standard InChI is InChI=1S/C15H12O4/c1-17-15(16)13-10-6-7-11(18-10)14-12(13)8-4-2-3-5-9(8)19-14/h2-7,10-11,13H,1H3/t10-,11+,13+/m1/s1. The minimum absolute atomic E-state index is 0.187. The van der Waals surface area contributed by atoms with Crippen LogP contribution < -0.4 is 0 Å². The van der Waals surface area contributed by atoms with Crippen molar-refractivity contribution in [3.63, 3.8) is 0 Å². The lowest BCUT2D eigenvalue weighted by Gasteiger charge is -2.27. The number of fused-ring (bicyclic) bond motifs is 6. The molecule has 2 aromatic rings. The number of esters is 1. The Hall–Kier alpha value is -2.07. The molecule has 0 spiro atoms. The van der Waals surface area contributed by atoms with Gasteiger partial charge in [-0.2, -0.15) is 0 Å². The van der Waals surface area contributed by atoms with Crippen molar-refractivity contribution < 1.29 is 18.7 Å². The highest BCUT2D eigenvalue weighted by Gasteiger charge is 2.45. The molecule has 0 saturated carbocycles. The molecule has 0 aliphatic carbocycles. The summed E-state index contributed by atoms with van der Waals surface area (Å²) in [7, 11) is 1.40. The van der Waals surface area contributed by atoms with E-state index in [9.17, 15) is 4.79 Å². The van der Waals surface area contributed by atoms with Gasteiger partial charge in [0.2, 0.25) is 0 Å². The van der Waals surface area contributed by atoms with Crippen LogP contribution in [0.1, 0.15) is 23.3 Å². The smallest absolute Gasteiger partial charge is 0.316 e. The van der Waals surface area contributed by atoms with Crippen molar-refractivity contribution in [1.29, 1.82) is 0 Å². The first kappa shape index (κ1) is 10.8. The Kier molecular flexibility index (Phi) is 2.11. The van der Waals surface area contributed by atoms with Gasteiger partial charge in [-0.15, -0.1) is 0 Å². The summed E-state index contributed by atoms with van der Waals surface area (Å²) >= 11 is 0. The molecule has 3 heterocycles. The van der Waals surface area contributed by atoms with Crippen LogP contribution >= 0.6 is 0 Å². The third-order valence-electron chi connectivity index (χ3n) is 3.79. The average molecular weight is 256 g/mol. The zero-order valence-electron chi connectivity index (χ0n) is 10.3. The van der Waals surface area contributed by atoms with Crippen molar-refractivity contribution in [2.45, 2.75) is 18.1 Å². The second-order valence-corrected chi connectivity index (χ2v) is 4.78. The molecule has 2 aliphatic heterocycles. The third kappa shape index (κ3) is 1.35. The number of rotatable bonds is 1. The van der Waals surface area contributed by atoms with Crippen molar-refractivity contribution in [2.75, 3.05) is 7.11 Å². The number of benzene rings is 1. The Morgan fingerprint density at radius 2 is 2.11 bits per heavy atom. The van der Waals surface area contributed by atoms with Crippen LogP contribution in [0.5, 0.6) is 0 Å². The van der Waals surface area contributed by atoms with Crippen molar-refractivity contribution in [1.82, 2.24) is 0 Å². The summed E-state index contributed by atoms with van der Waals surface area (Å²) in [6.45, 7) is 0. The second-order valence-electron chi connectivity index (χ2n) is 4.78. The number of carbonyl (C=O) groups excluding carboxylic acids is 1. The topological polar surface area (TPSA) is 48.7 Å². The second kappa shape index (κ2) is 3.71. The summed E-state index contributed by atoms with van der Waals surface area (Å²) in [5, 5.41) is 0.968. The van der Waals surface area contributed by atoms with Crippen molar-refractivity contribution in [2.24, 2.45) is 0 Å². The van der Waals surface area contributed by atoms with Gasteiger partial charge >= 0.3 is 5.97 Å². The first-order valence-electron chi connectivity index (χ1n) is 6.22. The molecule has 1 aromatic heterocycles. The summed E-state index contributed by atoms with van der Waals surface area (Å²) in [5.41, 5.74) is 1.69. The van der Waals surface area contributed by atoms with E-state index in [1.807, 2.05) is 36.4 Å². The van der Waals surface area contributed by atoms with Crippen LogP contribution in [0.15, 0.2) is 40.8 Å². The van der Waals surface area contributed by atoms with E-state index in [1.165, 1.54) is 7.11 Å². The molecule has 0 saturated heterocycles. The fraction of sp³-hybridized carbons (Fsp3) is 0.267. The van der Waals surface area contributed by atoms with Gasteiger partial charge in [-0.3, -0.25) is 4.79 Å². The SMILES string of the molecule is COC(=O)[C@@H]1c2c(oc3ccccc23)[C@@H]2C=C[C@H]1O2. The normalized spacial score (nSPS) is 27.5. The highest BCUT2D eigenvalue weighted by atomic mass is 16.5. The molecule has 0 amide bonds. The first-order chi connectivity index (χ1) is 9.29. The van der Waals surface area contributed by atoms with Crippen LogP contribution in [0, 0.1) is 0 Å². The van der Waals surface area contributed by atoms with Crippen LogP contribution in [0.2, 0.25) is 0 Å². The fourth-order valence-corrected chi connectivity index (χ4v) is 2.97. The van der Waals surface area contributed by atoms with Gasteiger partial charge in [-0.05, 0) is 12.1 Å². The van der Waals surface area contributed by atoms with E-state index in [-0.39, 0.29) is 18.2 Å². The van der Waals surface area contributed by atoms with Gasteiger partial charge < -0.3 is 13.9 Å². The van der Waals surface area contributed by atoms with Gasteiger partial charge in [-0.25, -0.2) is 0 Å². The molecule has 0 fully saturated rings. The Morgan fingerprint density at radius 3 is 2.95 bits per heavy atom. The molecule has 4 nitrogen and oxygen atoms in total. The minimum atomic E-state index is -0.446. The van der Waals surface area contributed by atoms with E-state index < -0.39 is 5.92 Å². The lowest BCUT2D eigenvalue weighted by molar-refractivity contribution is -0.146. The van der Waals surface area contributed by atoms with E-state index in [4.69, 9.17) is 13.9 Å². The lowest BCUT2D eigenvalue weighted by Crippen LogP contribution is -2.30. The zero-order valence-corrected chi connectivity index (χ0v) is 10.3. The summed E-state index contributed by atoms with van der Waals surface area (Å²) in [5.74, 6) is -0.0111. The molecule has 4 heteroatoms. The Balaban J connectivity index is 2.01. The predicted octanol–water partition coefficient (Wildman–Crippen LogP) is 2.70. The van der Waals surface area contributed by atoms with Crippen LogP contribution in [0.4, 0.5) is 0 Å². The van der Waals surface area contributed by atoms with Crippen LogP contribution in [-0.2, 0) is 14.3 Å². The van der Waals surface area contributed by atoms with Crippen molar-refractivity contribution in [3.05, 3.63) is 47.7 Å². The number of carbonyl (C=O) groups is 1. The average Bonchev–Trinajstić information content (AvgIpc) is 3.02. The molecular formula is C15H12O4. The number of para-hydroxylation sites is 1. The molecule has 96 valence electrons. The van der Waals surface area contributed by atoms with E-state index in [0.29, 0.717) is 0 Å². The maximum Gasteiger partial charge on any atom is 0.316 e.